The quantitative estimate of drug-likeness (QED) is 0.365. The van der Waals surface area contributed by atoms with E-state index >= 15 is 0 Å². The number of halogens is 1. The highest BCUT2D eigenvalue weighted by Crippen LogP contribution is 2.27. The summed E-state index contributed by atoms with van der Waals surface area (Å²) in [6.45, 7) is 0.224. The van der Waals surface area contributed by atoms with Crippen molar-refractivity contribution >= 4 is 34.1 Å². The molecule has 8 heteroatoms. The number of hydrogen-bond donors (Lipinski definition) is 4. The molecule has 0 fully saturated rings. The Morgan fingerprint density at radius 1 is 1.03 bits per heavy atom. The third-order valence-corrected chi connectivity index (χ3v) is 4.86. The summed E-state index contributed by atoms with van der Waals surface area (Å²) in [5.74, 6) is -1.40. The lowest BCUT2D eigenvalue weighted by Crippen LogP contribution is -2.23. The van der Waals surface area contributed by atoms with Gasteiger partial charge >= 0.3 is 0 Å². The molecule has 0 spiro atoms. The van der Waals surface area contributed by atoms with Gasteiger partial charge in [0.05, 0.1) is 17.1 Å². The van der Waals surface area contributed by atoms with E-state index in [4.69, 9.17) is 11.5 Å². The van der Waals surface area contributed by atoms with Gasteiger partial charge in [0.15, 0.2) is 11.6 Å². The summed E-state index contributed by atoms with van der Waals surface area (Å²) >= 11 is 0. The number of fused-ring (bicyclic) bond motifs is 1. The first kappa shape index (κ1) is 20.2. The lowest BCUT2D eigenvalue weighted by atomic mass is 10.1. The fourth-order valence-electron chi connectivity index (χ4n) is 3.28. The number of amides is 1. The number of nitrogens with zero attached hydrogens (tertiary/aromatic N) is 2. The van der Waals surface area contributed by atoms with Crippen molar-refractivity contribution in [1.29, 1.82) is 0 Å². The normalized spacial score (nSPS) is 11.8. The molecule has 4 aromatic rings. The fraction of sp³-hybridized carbons (Fsp3) is 0.0870. The first-order chi connectivity index (χ1) is 15.0. The predicted molar refractivity (Wildman–Crippen MR) is 120 cm³/mol. The number of pyridine rings is 2. The molecule has 1 atom stereocenters. The van der Waals surface area contributed by atoms with Crippen molar-refractivity contribution in [2.45, 2.75) is 6.04 Å². The van der Waals surface area contributed by atoms with Gasteiger partial charge in [0.2, 0.25) is 0 Å². The molecule has 156 valence electrons. The zero-order chi connectivity index (χ0) is 21.8. The molecule has 4 rings (SSSR count). The Bertz CT molecular complexity index is 1230. The second kappa shape index (κ2) is 8.76. The summed E-state index contributed by atoms with van der Waals surface area (Å²) in [6.07, 6.45) is 1.69. The highest BCUT2D eigenvalue weighted by molar-refractivity contribution is 5.99. The van der Waals surface area contributed by atoms with Crippen LogP contribution in [-0.2, 0) is 0 Å². The van der Waals surface area contributed by atoms with Crippen LogP contribution in [0.5, 0.6) is 0 Å². The van der Waals surface area contributed by atoms with Crippen LogP contribution in [0, 0.1) is 5.82 Å². The number of anilines is 3. The minimum Gasteiger partial charge on any atom is -0.365 e. The lowest BCUT2D eigenvalue weighted by Gasteiger charge is -2.20. The van der Waals surface area contributed by atoms with E-state index in [1.165, 1.54) is 0 Å². The number of carbonyl (C=O) groups is 1. The van der Waals surface area contributed by atoms with Crippen LogP contribution in [0.1, 0.15) is 22.0 Å². The van der Waals surface area contributed by atoms with Crippen LogP contribution in [-0.4, -0.2) is 22.4 Å². The van der Waals surface area contributed by atoms with Gasteiger partial charge < -0.3 is 22.1 Å². The molecular weight excluding hydrogens is 395 g/mol. The van der Waals surface area contributed by atoms with Gasteiger partial charge in [-0.25, -0.2) is 9.37 Å². The molecule has 0 aliphatic rings. The number of nitrogens with one attached hydrogen (secondary N) is 2. The fourth-order valence-corrected chi connectivity index (χ4v) is 3.28. The molecule has 0 saturated carbocycles. The first-order valence-corrected chi connectivity index (χ1v) is 9.69. The maximum absolute atomic E-state index is 14.7. The average molecular weight is 416 g/mol. The minimum atomic E-state index is -0.794. The third kappa shape index (κ3) is 4.44. The number of aromatic nitrogens is 2. The highest BCUT2D eigenvalue weighted by atomic mass is 19.1. The maximum atomic E-state index is 14.7. The molecule has 0 aliphatic carbocycles. The van der Waals surface area contributed by atoms with Gasteiger partial charge in [0.25, 0.3) is 5.91 Å². The molecule has 6 N–H and O–H groups in total. The van der Waals surface area contributed by atoms with E-state index in [9.17, 15) is 9.18 Å². The monoisotopic (exact) mass is 416 g/mol. The van der Waals surface area contributed by atoms with Crippen LogP contribution in [0.15, 0.2) is 72.9 Å². The van der Waals surface area contributed by atoms with Crippen LogP contribution >= 0.6 is 0 Å². The van der Waals surface area contributed by atoms with Crippen molar-refractivity contribution in [3.63, 3.8) is 0 Å². The van der Waals surface area contributed by atoms with Crippen molar-refractivity contribution in [1.82, 2.24) is 9.97 Å². The molecule has 1 unspecified atom stereocenters. The van der Waals surface area contributed by atoms with Gasteiger partial charge in [0, 0.05) is 23.8 Å². The first-order valence-electron chi connectivity index (χ1n) is 9.69. The van der Waals surface area contributed by atoms with Crippen molar-refractivity contribution < 1.29 is 9.18 Å². The number of benzene rings is 2. The molecule has 0 bridgehead atoms. The summed E-state index contributed by atoms with van der Waals surface area (Å²) in [4.78, 5) is 20.5. The second-order valence-electron chi connectivity index (χ2n) is 6.96. The van der Waals surface area contributed by atoms with E-state index in [2.05, 4.69) is 20.6 Å². The molecular formula is C23H21FN6O. The number of hydrogen-bond acceptors (Lipinski definition) is 6. The number of carbonyl (C=O) groups excluding carboxylic acids is 1. The van der Waals surface area contributed by atoms with Gasteiger partial charge in [-0.3, -0.25) is 9.78 Å². The van der Waals surface area contributed by atoms with E-state index < -0.39 is 11.7 Å². The second-order valence-corrected chi connectivity index (χ2v) is 6.96. The van der Waals surface area contributed by atoms with E-state index in [0.717, 1.165) is 22.5 Å². The van der Waals surface area contributed by atoms with Gasteiger partial charge in [-0.05, 0) is 29.8 Å². The lowest BCUT2D eigenvalue weighted by molar-refractivity contribution is 0.100. The Morgan fingerprint density at radius 3 is 2.58 bits per heavy atom. The topological polar surface area (TPSA) is 119 Å². The molecule has 2 heterocycles. The van der Waals surface area contributed by atoms with E-state index in [-0.39, 0.29) is 29.8 Å². The SMILES string of the molecule is NCC(Nc1nc(Nc2ccc3cccnc3c2)c(C(N)=O)cc1F)c1ccccc1. The molecule has 0 aliphatic heterocycles. The molecule has 31 heavy (non-hydrogen) atoms. The third-order valence-electron chi connectivity index (χ3n) is 4.86. The largest absolute Gasteiger partial charge is 0.365 e. The van der Waals surface area contributed by atoms with Gasteiger partial charge in [-0.1, -0.05) is 42.5 Å². The van der Waals surface area contributed by atoms with Crippen molar-refractivity contribution in [3.05, 3.63) is 89.9 Å². The molecule has 2 aromatic carbocycles. The standard InChI is InChI=1S/C23H21FN6O/c24-18-12-17(21(26)31)22(28-16-9-8-15-7-4-10-27-19(15)11-16)30-23(18)29-20(13-25)14-5-2-1-3-6-14/h1-12,20H,13,25H2,(H2,26,31)(H2,28,29,30). The Labute approximate surface area is 178 Å². The Morgan fingerprint density at radius 2 is 1.84 bits per heavy atom. The Hall–Kier alpha value is -4.04. The van der Waals surface area contributed by atoms with E-state index in [0.29, 0.717) is 5.69 Å². The Kier molecular flexibility index (Phi) is 5.72. The van der Waals surface area contributed by atoms with Gasteiger partial charge in [-0.2, -0.15) is 0 Å². The summed E-state index contributed by atoms with van der Waals surface area (Å²) in [6, 6.07) is 19.4. The summed E-state index contributed by atoms with van der Waals surface area (Å²) in [5, 5.41) is 7.04. The van der Waals surface area contributed by atoms with Gasteiger partial charge in [-0.15, -0.1) is 0 Å². The predicted octanol–water partition coefficient (Wildman–Crippen LogP) is 3.72. The number of nitrogens with two attached hydrogens (primary N) is 2. The summed E-state index contributed by atoms with van der Waals surface area (Å²) in [7, 11) is 0. The van der Waals surface area contributed by atoms with Crippen molar-refractivity contribution in [2.75, 3.05) is 17.2 Å². The van der Waals surface area contributed by atoms with Gasteiger partial charge in [0.1, 0.15) is 5.82 Å². The average Bonchev–Trinajstić information content (AvgIpc) is 2.79. The molecule has 2 aromatic heterocycles. The van der Waals surface area contributed by atoms with Crippen LogP contribution in [0.2, 0.25) is 0 Å². The molecule has 7 nitrogen and oxygen atoms in total. The molecule has 1 amide bonds. The van der Waals surface area contributed by atoms with Crippen molar-refractivity contribution in [2.24, 2.45) is 11.5 Å². The van der Waals surface area contributed by atoms with Crippen LogP contribution < -0.4 is 22.1 Å². The maximum Gasteiger partial charge on any atom is 0.252 e. The Balaban J connectivity index is 1.69. The smallest absolute Gasteiger partial charge is 0.252 e. The minimum absolute atomic E-state index is 0.0364. The van der Waals surface area contributed by atoms with E-state index in [1.807, 2.05) is 60.7 Å². The summed E-state index contributed by atoms with van der Waals surface area (Å²) in [5.41, 5.74) is 13.6. The highest BCUT2D eigenvalue weighted by Gasteiger charge is 2.19. The zero-order valence-electron chi connectivity index (χ0n) is 16.5. The molecule has 0 radical (unpaired) electrons. The van der Waals surface area contributed by atoms with Crippen LogP contribution in [0.4, 0.5) is 21.7 Å². The zero-order valence-corrected chi connectivity index (χ0v) is 16.5. The molecule has 0 saturated heterocycles. The number of rotatable bonds is 7. The summed E-state index contributed by atoms with van der Waals surface area (Å²) < 4.78 is 14.7. The van der Waals surface area contributed by atoms with Crippen LogP contribution in [0.25, 0.3) is 10.9 Å². The number of primary amides is 1. The van der Waals surface area contributed by atoms with Crippen LogP contribution in [0.3, 0.4) is 0 Å². The van der Waals surface area contributed by atoms with Crippen molar-refractivity contribution in [3.8, 4) is 0 Å². The van der Waals surface area contributed by atoms with E-state index in [1.54, 1.807) is 6.20 Å².